The number of ether oxygens (including phenoxy) is 1. The van der Waals surface area contributed by atoms with Crippen LogP contribution in [0.3, 0.4) is 0 Å². The highest BCUT2D eigenvalue weighted by atomic mass is 16.5. The summed E-state index contributed by atoms with van der Waals surface area (Å²) in [5, 5.41) is 0. The summed E-state index contributed by atoms with van der Waals surface area (Å²) in [5.74, 6) is 0.962. The zero-order valence-electron chi connectivity index (χ0n) is 10.8. The van der Waals surface area contributed by atoms with Crippen molar-refractivity contribution in [3.8, 4) is 0 Å². The van der Waals surface area contributed by atoms with Crippen LogP contribution in [-0.4, -0.2) is 62.3 Å². The second-order valence-corrected chi connectivity index (χ2v) is 5.54. The van der Waals surface area contributed by atoms with E-state index in [2.05, 4.69) is 23.8 Å². The fourth-order valence-electron chi connectivity index (χ4n) is 2.96. The summed E-state index contributed by atoms with van der Waals surface area (Å²) < 4.78 is 5.55. The number of morpholine rings is 1. The van der Waals surface area contributed by atoms with E-state index in [-0.39, 0.29) is 0 Å². The van der Waals surface area contributed by atoms with Crippen LogP contribution in [0.4, 0.5) is 0 Å². The molecular formula is C13H26N2O. The SMILES string of the molecule is C[C@@H]1CN(CCC[C@@H]2CCN(C)C2)CCO1. The minimum Gasteiger partial charge on any atom is -0.376 e. The van der Waals surface area contributed by atoms with Gasteiger partial charge in [-0.2, -0.15) is 0 Å². The maximum Gasteiger partial charge on any atom is 0.0674 e. The Morgan fingerprint density at radius 1 is 1.25 bits per heavy atom. The van der Waals surface area contributed by atoms with Crippen molar-refractivity contribution in [2.24, 2.45) is 5.92 Å². The molecule has 0 aromatic heterocycles. The van der Waals surface area contributed by atoms with E-state index in [1.165, 1.54) is 38.9 Å². The fraction of sp³-hybridized carbons (Fsp3) is 1.00. The maximum absolute atomic E-state index is 5.55. The molecule has 0 aliphatic carbocycles. The molecule has 2 saturated heterocycles. The summed E-state index contributed by atoms with van der Waals surface area (Å²) >= 11 is 0. The summed E-state index contributed by atoms with van der Waals surface area (Å²) in [6.07, 6.45) is 4.63. The molecule has 0 aromatic carbocycles. The predicted molar refractivity (Wildman–Crippen MR) is 66.7 cm³/mol. The molecule has 2 fully saturated rings. The molecule has 2 atom stereocenters. The average molecular weight is 226 g/mol. The molecule has 2 rings (SSSR count). The van der Waals surface area contributed by atoms with Crippen LogP contribution in [0.15, 0.2) is 0 Å². The van der Waals surface area contributed by atoms with Gasteiger partial charge in [0, 0.05) is 19.6 Å². The molecule has 2 heterocycles. The van der Waals surface area contributed by atoms with Crippen LogP contribution in [0.2, 0.25) is 0 Å². The van der Waals surface area contributed by atoms with Crippen LogP contribution in [0.5, 0.6) is 0 Å². The lowest BCUT2D eigenvalue weighted by atomic mass is 10.0. The Balaban J connectivity index is 1.57. The molecule has 3 heteroatoms. The quantitative estimate of drug-likeness (QED) is 0.721. The smallest absolute Gasteiger partial charge is 0.0674 e. The first-order chi connectivity index (χ1) is 7.74. The van der Waals surface area contributed by atoms with E-state index >= 15 is 0 Å². The Hall–Kier alpha value is -0.120. The number of nitrogens with zero attached hydrogens (tertiary/aromatic N) is 2. The third-order valence-corrected chi connectivity index (χ3v) is 3.90. The molecule has 0 N–H and O–H groups in total. The first kappa shape index (κ1) is 12.3. The van der Waals surface area contributed by atoms with Gasteiger partial charge in [0.25, 0.3) is 0 Å². The largest absolute Gasteiger partial charge is 0.376 e. The topological polar surface area (TPSA) is 15.7 Å². The van der Waals surface area contributed by atoms with E-state index in [1.54, 1.807) is 0 Å². The van der Waals surface area contributed by atoms with E-state index < -0.39 is 0 Å². The molecule has 3 nitrogen and oxygen atoms in total. The third-order valence-electron chi connectivity index (χ3n) is 3.90. The second-order valence-electron chi connectivity index (χ2n) is 5.54. The first-order valence-electron chi connectivity index (χ1n) is 6.76. The third kappa shape index (κ3) is 3.72. The van der Waals surface area contributed by atoms with Crippen LogP contribution in [0.25, 0.3) is 0 Å². The molecule has 0 unspecified atom stereocenters. The molecule has 16 heavy (non-hydrogen) atoms. The number of hydrogen-bond acceptors (Lipinski definition) is 3. The van der Waals surface area contributed by atoms with Gasteiger partial charge < -0.3 is 9.64 Å². The Kier molecular flexibility index (Phi) is 4.62. The van der Waals surface area contributed by atoms with E-state index in [0.29, 0.717) is 6.10 Å². The molecule has 0 radical (unpaired) electrons. The van der Waals surface area contributed by atoms with Crippen molar-refractivity contribution in [3.05, 3.63) is 0 Å². The summed E-state index contributed by atoms with van der Waals surface area (Å²) in [5.41, 5.74) is 0. The number of likely N-dealkylation sites (tertiary alicyclic amines) is 1. The van der Waals surface area contributed by atoms with E-state index in [1.807, 2.05) is 0 Å². The van der Waals surface area contributed by atoms with Crippen molar-refractivity contribution >= 4 is 0 Å². The van der Waals surface area contributed by atoms with Gasteiger partial charge in [-0.1, -0.05) is 0 Å². The van der Waals surface area contributed by atoms with Crippen LogP contribution in [0, 0.1) is 5.92 Å². The Bertz CT molecular complexity index is 210. The van der Waals surface area contributed by atoms with Crippen molar-refractivity contribution in [1.82, 2.24) is 9.80 Å². The zero-order valence-corrected chi connectivity index (χ0v) is 10.8. The second kappa shape index (κ2) is 5.99. The van der Waals surface area contributed by atoms with Crippen molar-refractivity contribution in [1.29, 1.82) is 0 Å². The van der Waals surface area contributed by atoms with Crippen LogP contribution >= 0.6 is 0 Å². The molecule has 0 bridgehead atoms. The Labute approximate surface area is 99.7 Å². The van der Waals surface area contributed by atoms with Gasteiger partial charge in [0.2, 0.25) is 0 Å². The fourth-order valence-corrected chi connectivity index (χ4v) is 2.96. The van der Waals surface area contributed by atoms with Gasteiger partial charge in [-0.3, -0.25) is 4.90 Å². The Morgan fingerprint density at radius 2 is 2.12 bits per heavy atom. The molecule has 2 aliphatic heterocycles. The first-order valence-corrected chi connectivity index (χ1v) is 6.76. The van der Waals surface area contributed by atoms with Crippen molar-refractivity contribution in [3.63, 3.8) is 0 Å². The summed E-state index contributed by atoms with van der Waals surface area (Å²) in [7, 11) is 2.24. The lowest BCUT2D eigenvalue weighted by Crippen LogP contribution is -2.41. The zero-order chi connectivity index (χ0) is 11.4. The normalized spacial score (nSPS) is 33.4. The standard InChI is InChI=1S/C13H26N2O/c1-12-10-15(8-9-16-12)6-3-4-13-5-7-14(2)11-13/h12-13H,3-11H2,1-2H3/t12-,13-/m1/s1. The predicted octanol–water partition coefficient (Wildman–Crippen LogP) is 1.44. The van der Waals surface area contributed by atoms with Gasteiger partial charge in [0.15, 0.2) is 0 Å². The van der Waals surface area contributed by atoms with E-state index in [9.17, 15) is 0 Å². The van der Waals surface area contributed by atoms with Crippen molar-refractivity contribution < 1.29 is 4.74 Å². The minimum absolute atomic E-state index is 0.436. The number of rotatable bonds is 4. The maximum atomic E-state index is 5.55. The van der Waals surface area contributed by atoms with E-state index in [4.69, 9.17) is 4.74 Å². The molecule has 0 saturated carbocycles. The molecule has 0 aromatic rings. The Morgan fingerprint density at radius 3 is 2.81 bits per heavy atom. The van der Waals surface area contributed by atoms with E-state index in [0.717, 1.165) is 25.6 Å². The van der Waals surface area contributed by atoms with Gasteiger partial charge in [-0.25, -0.2) is 0 Å². The summed E-state index contributed by atoms with van der Waals surface area (Å²) in [6.45, 7) is 9.26. The van der Waals surface area contributed by atoms with Crippen LogP contribution < -0.4 is 0 Å². The highest BCUT2D eigenvalue weighted by Gasteiger charge is 2.20. The molecule has 0 spiro atoms. The van der Waals surface area contributed by atoms with Gasteiger partial charge in [0.05, 0.1) is 12.7 Å². The van der Waals surface area contributed by atoms with Gasteiger partial charge in [0.1, 0.15) is 0 Å². The monoisotopic (exact) mass is 226 g/mol. The van der Waals surface area contributed by atoms with Crippen molar-refractivity contribution in [2.45, 2.75) is 32.3 Å². The highest BCUT2D eigenvalue weighted by Crippen LogP contribution is 2.19. The molecular weight excluding hydrogens is 200 g/mol. The number of hydrogen-bond donors (Lipinski definition) is 0. The van der Waals surface area contributed by atoms with Crippen LogP contribution in [-0.2, 0) is 4.74 Å². The van der Waals surface area contributed by atoms with Gasteiger partial charge >= 0.3 is 0 Å². The molecule has 0 amide bonds. The summed E-state index contributed by atoms with van der Waals surface area (Å²) in [6, 6.07) is 0. The summed E-state index contributed by atoms with van der Waals surface area (Å²) in [4.78, 5) is 5.02. The van der Waals surface area contributed by atoms with Crippen molar-refractivity contribution in [2.75, 3.05) is 46.4 Å². The minimum atomic E-state index is 0.436. The van der Waals surface area contributed by atoms with Gasteiger partial charge in [-0.15, -0.1) is 0 Å². The average Bonchev–Trinajstić information content (AvgIpc) is 2.64. The van der Waals surface area contributed by atoms with Crippen LogP contribution in [0.1, 0.15) is 26.2 Å². The molecule has 94 valence electrons. The highest BCUT2D eigenvalue weighted by molar-refractivity contribution is 4.74. The lowest BCUT2D eigenvalue weighted by Gasteiger charge is -2.31. The van der Waals surface area contributed by atoms with Gasteiger partial charge in [-0.05, 0) is 52.2 Å². The lowest BCUT2D eigenvalue weighted by molar-refractivity contribution is -0.0188. The molecule has 2 aliphatic rings.